The zero-order valence-electron chi connectivity index (χ0n) is 10.3. The molecule has 17 heavy (non-hydrogen) atoms. The highest BCUT2D eigenvalue weighted by molar-refractivity contribution is 9.09. The number of sulfonamides is 1. The summed E-state index contributed by atoms with van der Waals surface area (Å²) in [6.07, 6.45) is 1.02. The van der Waals surface area contributed by atoms with E-state index in [1.54, 1.807) is 12.1 Å². The zero-order valence-corrected chi connectivity index (χ0v) is 12.7. The molecule has 0 saturated carbocycles. The van der Waals surface area contributed by atoms with Crippen LogP contribution >= 0.6 is 15.9 Å². The highest BCUT2D eigenvalue weighted by atomic mass is 79.9. The van der Waals surface area contributed by atoms with Gasteiger partial charge in [0.05, 0.1) is 4.90 Å². The van der Waals surface area contributed by atoms with Gasteiger partial charge >= 0.3 is 0 Å². The van der Waals surface area contributed by atoms with Crippen molar-refractivity contribution in [1.29, 1.82) is 0 Å². The van der Waals surface area contributed by atoms with Crippen molar-refractivity contribution in [2.75, 3.05) is 7.05 Å². The average Bonchev–Trinajstić information content (AvgIpc) is 2.30. The van der Waals surface area contributed by atoms with Crippen molar-refractivity contribution in [3.8, 4) is 0 Å². The van der Waals surface area contributed by atoms with Gasteiger partial charge in [-0.15, -0.1) is 0 Å². The van der Waals surface area contributed by atoms with Crippen LogP contribution in [0.2, 0.25) is 0 Å². The molecule has 0 aromatic heterocycles. The fourth-order valence-corrected chi connectivity index (χ4v) is 3.25. The molecule has 5 heteroatoms. The van der Waals surface area contributed by atoms with Crippen molar-refractivity contribution in [2.24, 2.45) is 0 Å². The minimum atomic E-state index is -3.33. The highest BCUT2D eigenvalue weighted by Crippen LogP contribution is 2.28. The number of rotatable bonds is 5. The number of benzene rings is 1. The maximum atomic E-state index is 11.6. The monoisotopic (exact) mass is 319 g/mol. The van der Waals surface area contributed by atoms with Gasteiger partial charge in [0, 0.05) is 4.83 Å². The number of hydrogen-bond donors (Lipinski definition) is 1. The average molecular weight is 320 g/mol. The third kappa shape index (κ3) is 3.53. The first-order chi connectivity index (χ1) is 7.92. The predicted octanol–water partition coefficient (Wildman–Crippen LogP) is 2.87. The van der Waals surface area contributed by atoms with Crippen molar-refractivity contribution >= 4 is 26.0 Å². The molecule has 1 aromatic carbocycles. The Labute approximate surface area is 112 Å². The molecule has 2 unspecified atom stereocenters. The fraction of sp³-hybridized carbons (Fsp3) is 0.500. The van der Waals surface area contributed by atoms with Crippen LogP contribution in [0.15, 0.2) is 29.2 Å². The summed E-state index contributed by atoms with van der Waals surface area (Å²) in [5, 5.41) is 0. The van der Waals surface area contributed by atoms with Crippen molar-refractivity contribution in [1.82, 2.24) is 4.72 Å². The minimum Gasteiger partial charge on any atom is -0.214 e. The lowest BCUT2D eigenvalue weighted by atomic mass is 9.94. The topological polar surface area (TPSA) is 46.2 Å². The summed E-state index contributed by atoms with van der Waals surface area (Å²) < 4.78 is 25.4. The van der Waals surface area contributed by atoms with E-state index in [0.29, 0.717) is 15.6 Å². The molecule has 1 rings (SSSR count). The van der Waals surface area contributed by atoms with Crippen LogP contribution in [0.4, 0.5) is 0 Å². The molecular weight excluding hydrogens is 302 g/mol. The molecule has 3 nitrogen and oxygen atoms in total. The van der Waals surface area contributed by atoms with E-state index in [2.05, 4.69) is 34.5 Å². The van der Waals surface area contributed by atoms with Crippen molar-refractivity contribution in [3.63, 3.8) is 0 Å². The molecule has 1 N–H and O–H groups in total. The van der Waals surface area contributed by atoms with Gasteiger partial charge in [-0.2, -0.15) is 0 Å². The van der Waals surface area contributed by atoms with Crippen LogP contribution in [0.5, 0.6) is 0 Å². The summed E-state index contributed by atoms with van der Waals surface area (Å²) in [4.78, 5) is 0.681. The van der Waals surface area contributed by atoms with Crippen LogP contribution in [-0.2, 0) is 10.0 Å². The third-order valence-electron chi connectivity index (χ3n) is 2.88. The summed E-state index contributed by atoms with van der Waals surface area (Å²) in [5.41, 5.74) is 1.16. The number of alkyl halides is 1. The summed E-state index contributed by atoms with van der Waals surface area (Å²) >= 11 is 3.58. The summed E-state index contributed by atoms with van der Waals surface area (Å²) in [7, 11) is -1.91. The second-order valence-electron chi connectivity index (χ2n) is 3.97. The Bertz CT molecular complexity index is 454. The van der Waals surface area contributed by atoms with E-state index in [4.69, 9.17) is 0 Å². The van der Waals surface area contributed by atoms with E-state index in [0.717, 1.165) is 12.0 Å². The second-order valence-corrected chi connectivity index (χ2v) is 7.30. The smallest absolute Gasteiger partial charge is 0.214 e. The molecular formula is C12H18BrNO2S. The van der Waals surface area contributed by atoms with Gasteiger partial charge in [0.25, 0.3) is 0 Å². The van der Waals surface area contributed by atoms with Crippen LogP contribution in [0.1, 0.15) is 31.7 Å². The maximum absolute atomic E-state index is 11.6. The zero-order chi connectivity index (χ0) is 13.1. The van der Waals surface area contributed by atoms with Gasteiger partial charge in [-0.3, -0.25) is 0 Å². The highest BCUT2D eigenvalue weighted by Gasteiger charge is 2.16. The fourth-order valence-electron chi connectivity index (χ4n) is 1.84. The van der Waals surface area contributed by atoms with Crippen molar-refractivity contribution in [2.45, 2.75) is 35.9 Å². The summed E-state index contributed by atoms with van der Waals surface area (Å²) in [5.74, 6) is 0.404. The van der Waals surface area contributed by atoms with Crippen LogP contribution in [-0.4, -0.2) is 20.3 Å². The molecule has 0 aliphatic heterocycles. The van der Waals surface area contributed by atoms with Crippen LogP contribution in [0, 0.1) is 0 Å². The van der Waals surface area contributed by atoms with Crippen molar-refractivity contribution in [3.05, 3.63) is 29.8 Å². The van der Waals surface area contributed by atoms with E-state index in [1.165, 1.54) is 7.05 Å². The SMILES string of the molecule is CCC(c1ccc(S(=O)(=O)NC)cc1)C(C)Br. The molecule has 0 radical (unpaired) electrons. The number of halogens is 1. The van der Waals surface area contributed by atoms with Crippen LogP contribution in [0.3, 0.4) is 0 Å². The van der Waals surface area contributed by atoms with E-state index in [9.17, 15) is 8.42 Å². The van der Waals surface area contributed by atoms with Crippen LogP contribution in [0.25, 0.3) is 0 Å². The molecule has 0 amide bonds. The van der Waals surface area contributed by atoms with Gasteiger partial charge < -0.3 is 0 Å². The first-order valence-electron chi connectivity index (χ1n) is 5.60. The number of nitrogens with one attached hydrogen (secondary N) is 1. The Balaban J connectivity index is 3.03. The van der Waals surface area contributed by atoms with E-state index >= 15 is 0 Å². The first kappa shape index (κ1) is 14.7. The second kappa shape index (κ2) is 5.98. The van der Waals surface area contributed by atoms with Gasteiger partial charge in [0.1, 0.15) is 0 Å². The molecule has 0 aliphatic carbocycles. The van der Waals surface area contributed by atoms with Gasteiger partial charge in [-0.1, -0.05) is 41.9 Å². The Morgan fingerprint density at radius 3 is 2.18 bits per heavy atom. The normalized spacial score (nSPS) is 15.5. The van der Waals surface area contributed by atoms with Gasteiger partial charge in [0.2, 0.25) is 10.0 Å². The Kier molecular flexibility index (Phi) is 5.16. The maximum Gasteiger partial charge on any atom is 0.240 e. The predicted molar refractivity (Wildman–Crippen MR) is 74.1 cm³/mol. The molecule has 0 fully saturated rings. The Morgan fingerprint density at radius 1 is 1.29 bits per heavy atom. The summed E-state index contributed by atoms with van der Waals surface area (Å²) in [6, 6.07) is 7.07. The van der Waals surface area contributed by atoms with Crippen LogP contribution < -0.4 is 4.72 Å². The summed E-state index contributed by atoms with van der Waals surface area (Å²) in [6.45, 7) is 4.23. The van der Waals surface area contributed by atoms with E-state index in [-0.39, 0.29) is 0 Å². The van der Waals surface area contributed by atoms with Gasteiger partial charge in [-0.05, 0) is 37.1 Å². The quantitative estimate of drug-likeness (QED) is 0.848. The van der Waals surface area contributed by atoms with Gasteiger partial charge in [-0.25, -0.2) is 13.1 Å². The lowest BCUT2D eigenvalue weighted by Gasteiger charge is -2.18. The molecule has 96 valence electrons. The molecule has 0 aliphatic rings. The minimum absolute atomic E-state index is 0.306. The molecule has 0 bridgehead atoms. The van der Waals surface area contributed by atoms with E-state index in [1.807, 2.05) is 12.1 Å². The van der Waals surface area contributed by atoms with E-state index < -0.39 is 10.0 Å². The lowest BCUT2D eigenvalue weighted by molar-refractivity contribution is 0.588. The lowest BCUT2D eigenvalue weighted by Crippen LogP contribution is -2.18. The molecule has 0 heterocycles. The van der Waals surface area contributed by atoms with Crippen molar-refractivity contribution < 1.29 is 8.42 Å². The Morgan fingerprint density at radius 2 is 1.82 bits per heavy atom. The first-order valence-corrected chi connectivity index (χ1v) is 7.99. The molecule has 1 aromatic rings. The molecule has 0 saturated heterocycles. The number of hydrogen-bond acceptors (Lipinski definition) is 2. The molecule has 2 atom stereocenters. The molecule has 0 spiro atoms. The Hall–Kier alpha value is -0.390. The standard InChI is InChI=1S/C12H18BrNO2S/c1-4-12(9(2)13)10-5-7-11(8-6-10)17(15,16)14-3/h5-9,12,14H,4H2,1-3H3. The third-order valence-corrected chi connectivity index (χ3v) is 4.95. The van der Waals surface area contributed by atoms with Gasteiger partial charge in [0.15, 0.2) is 0 Å². The largest absolute Gasteiger partial charge is 0.240 e.